The van der Waals surface area contributed by atoms with Crippen molar-refractivity contribution in [3.8, 4) is 11.5 Å². The van der Waals surface area contributed by atoms with Gasteiger partial charge in [-0.05, 0) is 42.7 Å². The van der Waals surface area contributed by atoms with Crippen molar-refractivity contribution in [1.82, 2.24) is 9.62 Å². The smallest absolute Gasteiger partial charge is 0.252 e. The first kappa shape index (κ1) is 23.1. The summed E-state index contributed by atoms with van der Waals surface area (Å²) in [6, 6.07) is 12.2. The largest absolute Gasteiger partial charge is 0.454 e. The Labute approximate surface area is 199 Å². The zero-order chi connectivity index (χ0) is 23.6. The van der Waals surface area contributed by atoms with Crippen LogP contribution in [0.15, 0.2) is 47.4 Å². The van der Waals surface area contributed by atoms with Crippen LogP contribution in [0.5, 0.6) is 11.5 Å². The Kier molecular flexibility index (Phi) is 6.48. The number of morpholine rings is 1. The number of hydrogen-bond donors (Lipinski definition) is 1. The molecule has 1 N–H and O–H groups in total. The summed E-state index contributed by atoms with van der Waals surface area (Å²) in [5.41, 5.74) is 0.823. The molecule has 0 bridgehead atoms. The van der Waals surface area contributed by atoms with Crippen LogP contribution < -0.4 is 14.8 Å². The average molecular weight is 489 g/mol. The lowest BCUT2D eigenvalue weighted by Crippen LogP contribution is -2.45. The van der Waals surface area contributed by atoms with Crippen molar-refractivity contribution in [3.63, 3.8) is 0 Å². The fourth-order valence-corrected chi connectivity index (χ4v) is 6.30. The van der Waals surface area contributed by atoms with Crippen molar-refractivity contribution in [2.75, 3.05) is 52.9 Å². The van der Waals surface area contributed by atoms with Gasteiger partial charge in [-0.25, -0.2) is 8.42 Å². The maximum atomic E-state index is 13.3. The van der Waals surface area contributed by atoms with Crippen molar-refractivity contribution in [2.45, 2.75) is 23.2 Å². The van der Waals surface area contributed by atoms with E-state index in [1.165, 1.54) is 10.4 Å². The molecule has 3 aliphatic rings. The second kappa shape index (κ2) is 9.53. The second-order valence-electron chi connectivity index (χ2n) is 8.66. The van der Waals surface area contributed by atoms with Crippen molar-refractivity contribution >= 4 is 15.9 Å². The van der Waals surface area contributed by atoms with Crippen LogP contribution in [-0.4, -0.2) is 71.5 Å². The summed E-state index contributed by atoms with van der Waals surface area (Å²) >= 11 is 0. The van der Waals surface area contributed by atoms with Gasteiger partial charge in [0.1, 0.15) is 0 Å². The number of ether oxygens (including phenoxy) is 4. The third kappa shape index (κ3) is 4.38. The van der Waals surface area contributed by atoms with Crippen LogP contribution in [0.2, 0.25) is 0 Å². The summed E-state index contributed by atoms with van der Waals surface area (Å²) in [6.45, 7) is 2.91. The molecule has 0 radical (unpaired) electrons. The van der Waals surface area contributed by atoms with Crippen molar-refractivity contribution in [2.24, 2.45) is 0 Å². The molecular formula is C24H28N2O7S. The standard InChI is InChI=1S/C24H28N2O7S/c27-23(19-3-1-2-4-22(19)34(28,29)26-9-13-31-14-10-26)25-16-24(7-11-30-12-8-24)18-5-6-20-21(15-18)33-17-32-20/h1-6,15H,7-14,16-17H2,(H,25,27). The minimum absolute atomic E-state index is 0.0125. The number of carbonyl (C=O) groups is 1. The van der Waals surface area contributed by atoms with Gasteiger partial charge in [0.2, 0.25) is 16.8 Å². The molecule has 10 heteroatoms. The first-order valence-electron chi connectivity index (χ1n) is 11.4. The molecule has 0 spiro atoms. The Balaban J connectivity index is 1.39. The lowest BCUT2D eigenvalue weighted by molar-refractivity contribution is 0.0486. The highest BCUT2D eigenvalue weighted by molar-refractivity contribution is 7.89. The van der Waals surface area contributed by atoms with E-state index in [9.17, 15) is 13.2 Å². The first-order chi connectivity index (χ1) is 16.5. The van der Waals surface area contributed by atoms with Gasteiger partial charge in [0.05, 0.1) is 23.7 Å². The number of nitrogens with zero attached hydrogens (tertiary/aromatic N) is 1. The van der Waals surface area contributed by atoms with Gasteiger partial charge in [-0.2, -0.15) is 4.31 Å². The molecule has 182 valence electrons. The Hall–Kier alpha value is -2.66. The lowest BCUT2D eigenvalue weighted by atomic mass is 9.74. The van der Waals surface area contributed by atoms with E-state index in [2.05, 4.69) is 5.32 Å². The van der Waals surface area contributed by atoms with Crippen LogP contribution in [0.25, 0.3) is 0 Å². The van der Waals surface area contributed by atoms with Crippen LogP contribution in [0, 0.1) is 0 Å². The Bertz CT molecular complexity index is 1160. The number of amides is 1. The lowest BCUT2D eigenvalue weighted by Gasteiger charge is -2.38. The van der Waals surface area contributed by atoms with Gasteiger partial charge < -0.3 is 24.3 Å². The van der Waals surface area contributed by atoms with Crippen LogP contribution in [0.4, 0.5) is 0 Å². The molecule has 34 heavy (non-hydrogen) atoms. The Morgan fingerprint density at radius 2 is 1.65 bits per heavy atom. The van der Waals surface area contributed by atoms with Gasteiger partial charge in [0.25, 0.3) is 5.91 Å². The minimum Gasteiger partial charge on any atom is -0.454 e. The van der Waals surface area contributed by atoms with Gasteiger partial charge in [0, 0.05) is 38.3 Å². The van der Waals surface area contributed by atoms with Crippen molar-refractivity contribution in [3.05, 3.63) is 53.6 Å². The SMILES string of the molecule is O=C(NCC1(c2ccc3c(c2)OCO3)CCOCC1)c1ccccc1S(=O)(=O)N1CCOCC1. The maximum Gasteiger partial charge on any atom is 0.252 e. The van der Waals surface area contributed by atoms with Gasteiger partial charge in [0.15, 0.2) is 11.5 Å². The highest BCUT2D eigenvalue weighted by atomic mass is 32.2. The summed E-state index contributed by atoms with van der Waals surface area (Å²) in [5, 5.41) is 3.02. The molecule has 3 heterocycles. The van der Waals surface area contributed by atoms with E-state index in [4.69, 9.17) is 18.9 Å². The zero-order valence-corrected chi connectivity index (χ0v) is 19.6. The molecule has 5 rings (SSSR count). The molecule has 2 fully saturated rings. The van der Waals surface area contributed by atoms with Crippen molar-refractivity contribution in [1.29, 1.82) is 0 Å². The molecule has 2 aromatic carbocycles. The average Bonchev–Trinajstić information content (AvgIpc) is 3.36. The molecule has 9 nitrogen and oxygen atoms in total. The molecule has 0 aliphatic carbocycles. The van der Waals surface area contributed by atoms with Crippen LogP contribution in [-0.2, 0) is 24.9 Å². The first-order valence-corrected chi connectivity index (χ1v) is 12.9. The predicted molar refractivity (Wildman–Crippen MR) is 123 cm³/mol. The number of nitrogens with one attached hydrogen (secondary N) is 1. The van der Waals surface area contributed by atoms with E-state index in [-0.39, 0.29) is 35.8 Å². The monoisotopic (exact) mass is 488 g/mol. The number of hydrogen-bond acceptors (Lipinski definition) is 7. The summed E-state index contributed by atoms with van der Waals surface area (Å²) < 4.78 is 49.8. The molecule has 0 unspecified atom stereocenters. The number of fused-ring (bicyclic) bond motifs is 1. The Morgan fingerprint density at radius 1 is 0.941 bits per heavy atom. The molecule has 0 saturated carbocycles. The molecule has 1 amide bonds. The van der Waals surface area contributed by atoms with Gasteiger partial charge in [-0.3, -0.25) is 4.79 Å². The van der Waals surface area contributed by atoms with E-state index < -0.39 is 15.9 Å². The van der Waals surface area contributed by atoms with Gasteiger partial charge in [-0.15, -0.1) is 0 Å². The van der Waals surface area contributed by atoms with E-state index >= 15 is 0 Å². The number of rotatable bonds is 6. The number of benzene rings is 2. The normalized spacial score (nSPS) is 20.1. The molecule has 0 aromatic heterocycles. The number of carbonyl (C=O) groups excluding carboxylic acids is 1. The summed E-state index contributed by atoms with van der Waals surface area (Å²) in [7, 11) is -3.81. The fourth-order valence-electron chi connectivity index (χ4n) is 4.71. The highest BCUT2D eigenvalue weighted by Crippen LogP contribution is 2.40. The molecular weight excluding hydrogens is 460 g/mol. The highest BCUT2D eigenvalue weighted by Gasteiger charge is 2.37. The molecule has 2 saturated heterocycles. The summed E-state index contributed by atoms with van der Waals surface area (Å²) in [6.07, 6.45) is 1.45. The Morgan fingerprint density at radius 3 is 2.44 bits per heavy atom. The maximum absolute atomic E-state index is 13.3. The van der Waals surface area contributed by atoms with E-state index in [0.29, 0.717) is 44.5 Å². The fraction of sp³-hybridized carbons (Fsp3) is 0.458. The summed E-state index contributed by atoms with van der Waals surface area (Å²) in [5.74, 6) is 0.980. The third-order valence-corrected chi connectivity index (χ3v) is 8.70. The summed E-state index contributed by atoms with van der Waals surface area (Å²) in [4.78, 5) is 13.3. The molecule has 0 atom stereocenters. The number of sulfonamides is 1. The topological polar surface area (TPSA) is 103 Å². The van der Waals surface area contributed by atoms with Gasteiger partial charge in [-0.1, -0.05) is 18.2 Å². The van der Waals surface area contributed by atoms with E-state index in [0.717, 1.165) is 18.4 Å². The minimum atomic E-state index is -3.81. The van der Waals surface area contributed by atoms with Gasteiger partial charge >= 0.3 is 0 Å². The predicted octanol–water partition coefficient (Wildman–Crippen LogP) is 1.91. The van der Waals surface area contributed by atoms with Crippen molar-refractivity contribution < 1.29 is 32.2 Å². The molecule has 2 aromatic rings. The third-order valence-electron chi connectivity index (χ3n) is 6.74. The van der Waals surface area contributed by atoms with E-state index in [1.807, 2.05) is 18.2 Å². The second-order valence-corrected chi connectivity index (χ2v) is 10.6. The molecule has 3 aliphatic heterocycles. The van der Waals surface area contributed by atoms with E-state index in [1.54, 1.807) is 18.2 Å². The van der Waals surface area contributed by atoms with Crippen LogP contribution in [0.1, 0.15) is 28.8 Å². The zero-order valence-electron chi connectivity index (χ0n) is 18.8. The van der Waals surface area contributed by atoms with Crippen LogP contribution in [0.3, 0.4) is 0 Å². The quantitative estimate of drug-likeness (QED) is 0.663. The van der Waals surface area contributed by atoms with Crippen LogP contribution >= 0.6 is 0 Å².